The summed E-state index contributed by atoms with van der Waals surface area (Å²) in [6, 6.07) is 43.0. The molecule has 0 unspecified atom stereocenters. The number of nitrogens with zero attached hydrogens (tertiary/aromatic N) is 1. The van der Waals surface area contributed by atoms with Gasteiger partial charge in [0.05, 0.1) is 0 Å². The Morgan fingerprint density at radius 1 is 0.467 bits per heavy atom. The summed E-state index contributed by atoms with van der Waals surface area (Å²) in [6.07, 6.45) is 0. The third-order valence-electron chi connectivity index (χ3n) is 5.69. The molecule has 0 N–H and O–H groups in total. The molecular formula is C29H23N. The Morgan fingerprint density at radius 3 is 1.73 bits per heavy atom. The van der Waals surface area contributed by atoms with Crippen molar-refractivity contribution < 1.29 is 0 Å². The van der Waals surface area contributed by atoms with Crippen LogP contribution in [0.4, 0.5) is 11.4 Å². The first kappa shape index (κ1) is 18.2. The van der Waals surface area contributed by atoms with Crippen LogP contribution in [0.5, 0.6) is 0 Å². The fourth-order valence-corrected chi connectivity index (χ4v) is 4.09. The molecule has 1 nitrogen and oxygen atoms in total. The number of rotatable bonds is 4. The fraction of sp³-hybridized carbons (Fsp3) is 0.0345. The van der Waals surface area contributed by atoms with Gasteiger partial charge in [0.1, 0.15) is 0 Å². The van der Waals surface area contributed by atoms with Gasteiger partial charge in [0.15, 0.2) is 0 Å². The minimum absolute atomic E-state index is 1.17. The molecule has 0 aromatic heterocycles. The predicted octanol–water partition coefficient (Wildman–Crippen LogP) is 7.94. The Hall–Kier alpha value is -3.84. The summed E-state index contributed by atoms with van der Waals surface area (Å²) in [4.78, 5) is 2.28. The molecule has 0 aliphatic carbocycles. The zero-order chi connectivity index (χ0) is 20.3. The third kappa shape index (κ3) is 3.35. The van der Waals surface area contributed by atoms with Gasteiger partial charge >= 0.3 is 0 Å². The van der Waals surface area contributed by atoms with E-state index in [1.807, 2.05) is 0 Å². The SMILES string of the molecule is CN(c1ccc(-c2ccccc2)cc1)c1ccc2ccccc2c1-c1ccccc1. The van der Waals surface area contributed by atoms with Crippen molar-refractivity contribution in [2.75, 3.05) is 11.9 Å². The molecule has 0 aliphatic heterocycles. The molecule has 0 saturated carbocycles. The first-order valence-electron chi connectivity index (χ1n) is 10.3. The lowest BCUT2D eigenvalue weighted by molar-refractivity contribution is 1.21. The van der Waals surface area contributed by atoms with Crippen LogP contribution in [0, 0.1) is 0 Å². The van der Waals surface area contributed by atoms with Gasteiger partial charge in [0, 0.05) is 24.0 Å². The van der Waals surface area contributed by atoms with E-state index in [9.17, 15) is 0 Å². The zero-order valence-corrected chi connectivity index (χ0v) is 17.0. The van der Waals surface area contributed by atoms with Crippen LogP contribution in [0.2, 0.25) is 0 Å². The van der Waals surface area contributed by atoms with Crippen LogP contribution in [-0.2, 0) is 0 Å². The van der Waals surface area contributed by atoms with Crippen molar-refractivity contribution in [1.82, 2.24) is 0 Å². The Labute approximate surface area is 177 Å². The number of hydrogen-bond donors (Lipinski definition) is 0. The summed E-state index contributed by atoms with van der Waals surface area (Å²) in [5.74, 6) is 0. The molecule has 0 saturated heterocycles. The number of benzene rings is 5. The highest BCUT2D eigenvalue weighted by Gasteiger charge is 2.14. The quantitative estimate of drug-likeness (QED) is 0.303. The highest BCUT2D eigenvalue weighted by Crippen LogP contribution is 2.39. The monoisotopic (exact) mass is 385 g/mol. The highest BCUT2D eigenvalue weighted by molar-refractivity contribution is 6.03. The van der Waals surface area contributed by atoms with Crippen LogP contribution < -0.4 is 4.90 Å². The van der Waals surface area contributed by atoms with Gasteiger partial charge in [-0.15, -0.1) is 0 Å². The molecule has 0 fully saturated rings. The Balaban J connectivity index is 1.61. The van der Waals surface area contributed by atoms with Crippen molar-refractivity contribution in [3.8, 4) is 22.3 Å². The average Bonchev–Trinajstić information content (AvgIpc) is 2.84. The van der Waals surface area contributed by atoms with Crippen LogP contribution in [0.15, 0.2) is 121 Å². The summed E-state index contributed by atoms with van der Waals surface area (Å²) in [7, 11) is 2.15. The second kappa shape index (κ2) is 7.88. The molecule has 0 aliphatic rings. The molecule has 5 aromatic carbocycles. The van der Waals surface area contributed by atoms with Crippen LogP contribution in [-0.4, -0.2) is 7.05 Å². The summed E-state index contributed by atoms with van der Waals surface area (Å²) in [5, 5.41) is 2.53. The maximum Gasteiger partial charge on any atom is 0.0494 e. The van der Waals surface area contributed by atoms with Gasteiger partial charge < -0.3 is 4.90 Å². The molecule has 0 amide bonds. The van der Waals surface area contributed by atoms with E-state index in [1.165, 1.54) is 44.4 Å². The molecule has 1 heteroatoms. The van der Waals surface area contributed by atoms with Crippen LogP contribution >= 0.6 is 0 Å². The third-order valence-corrected chi connectivity index (χ3v) is 5.69. The first-order valence-corrected chi connectivity index (χ1v) is 10.3. The lowest BCUT2D eigenvalue weighted by atomic mass is 9.95. The van der Waals surface area contributed by atoms with E-state index in [2.05, 4.69) is 133 Å². The van der Waals surface area contributed by atoms with Gasteiger partial charge in [-0.05, 0) is 45.7 Å². The van der Waals surface area contributed by atoms with Crippen molar-refractivity contribution in [3.05, 3.63) is 121 Å². The Kier molecular flexibility index (Phi) is 4.78. The maximum absolute atomic E-state index is 2.28. The topological polar surface area (TPSA) is 3.24 Å². The summed E-state index contributed by atoms with van der Waals surface area (Å²) in [5.41, 5.74) is 7.34. The summed E-state index contributed by atoms with van der Waals surface area (Å²) >= 11 is 0. The summed E-state index contributed by atoms with van der Waals surface area (Å²) < 4.78 is 0. The van der Waals surface area contributed by atoms with Gasteiger partial charge in [-0.1, -0.05) is 103 Å². The standard InChI is InChI=1S/C29H23N/c1-30(26-19-16-23(17-20-26)22-10-4-2-5-11-22)28-21-18-24-12-8-9-15-27(24)29(28)25-13-6-3-7-14-25/h2-21H,1H3. The van der Waals surface area contributed by atoms with Crippen molar-refractivity contribution in [1.29, 1.82) is 0 Å². The largest absolute Gasteiger partial charge is 0.344 e. The second-order valence-corrected chi connectivity index (χ2v) is 7.52. The first-order chi connectivity index (χ1) is 14.8. The zero-order valence-electron chi connectivity index (χ0n) is 17.0. The molecular weight excluding hydrogens is 362 g/mol. The van der Waals surface area contributed by atoms with E-state index < -0.39 is 0 Å². The van der Waals surface area contributed by atoms with Gasteiger partial charge in [-0.2, -0.15) is 0 Å². The number of hydrogen-bond acceptors (Lipinski definition) is 1. The van der Waals surface area contributed by atoms with Crippen LogP contribution in [0.1, 0.15) is 0 Å². The summed E-state index contributed by atoms with van der Waals surface area (Å²) in [6.45, 7) is 0. The molecule has 0 heterocycles. The van der Waals surface area contributed by atoms with E-state index in [-0.39, 0.29) is 0 Å². The van der Waals surface area contributed by atoms with E-state index in [0.717, 1.165) is 0 Å². The minimum atomic E-state index is 1.17. The predicted molar refractivity (Wildman–Crippen MR) is 129 cm³/mol. The van der Waals surface area contributed by atoms with Gasteiger partial charge in [-0.25, -0.2) is 0 Å². The molecule has 0 atom stereocenters. The van der Waals surface area contributed by atoms with Crippen LogP contribution in [0.25, 0.3) is 33.0 Å². The molecule has 5 rings (SSSR count). The van der Waals surface area contributed by atoms with Crippen molar-refractivity contribution in [2.24, 2.45) is 0 Å². The normalized spacial score (nSPS) is 10.8. The molecule has 144 valence electrons. The van der Waals surface area contributed by atoms with E-state index in [0.29, 0.717) is 0 Å². The van der Waals surface area contributed by atoms with Crippen molar-refractivity contribution >= 4 is 22.1 Å². The fourth-order valence-electron chi connectivity index (χ4n) is 4.09. The Bertz CT molecular complexity index is 1270. The van der Waals surface area contributed by atoms with E-state index in [4.69, 9.17) is 0 Å². The molecule has 0 radical (unpaired) electrons. The average molecular weight is 386 g/mol. The molecule has 30 heavy (non-hydrogen) atoms. The Morgan fingerprint density at radius 2 is 1.03 bits per heavy atom. The maximum atomic E-state index is 2.28. The lowest BCUT2D eigenvalue weighted by Gasteiger charge is -2.24. The molecule has 5 aromatic rings. The van der Waals surface area contributed by atoms with Gasteiger partial charge in [-0.3, -0.25) is 0 Å². The van der Waals surface area contributed by atoms with Crippen molar-refractivity contribution in [3.63, 3.8) is 0 Å². The van der Waals surface area contributed by atoms with E-state index in [1.54, 1.807) is 0 Å². The van der Waals surface area contributed by atoms with E-state index >= 15 is 0 Å². The van der Waals surface area contributed by atoms with Gasteiger partial charge in [0.2, 0.25) is 0 Å². The number of fused-ring (bicyclic) bond motifs is 1. The lowest BCUT2D eigenvalue weighted by Crippen LogP contribution is -2.10. The minimum Gasteiger partial charge on any atom is -0.344 e. The number of anilines is 2. The molecule has 0 spiro atoms. The smallest absolute Gasteiger partial charge is 0.0494 e. The van der Waals surface area contributed by atoms with Gasteiger partial charge in [0.25, 0.3) is 0 Å². The second-order valence-electron chi connectivity index (χ2n) is 7.52. The van der Waals surface area contributed by atoms with Crippen molar-refractivity contribution in [2.45, 2.75) is 0 Å². The van der Waals surface area contributed by atoms with Crippen LogP contribution in [0.3, 0.4) is 0 Å². The molecule has 0 bridgehead atoms. The highest BCUT2D eigenvalue weighted by atomic mass is 15.1.